The lowest BCUT2D eigenvalue weighted by Crippen LogP contribution is -2.36. The molecule has 27 heavy (non-hydrogen) atoms. The molecule has 0 spiro atoms. The highest BCUT2D eigenvalue weighted by molar-refractivity contribution is 6.14. The van der Waals surface area contributed by atoms with Crippen molar-refractivity contribution in [2.75, 3.05) is 11.4 Å². The molecule has 8 nitrogen and oxygen atoms in total. The summed E-state index contributed by atoms with van der Waals surface area (Å²) in [5.74, 6) is -0.579. The predicted molar refractivity (Wildman–Crippen MR) is 101 cm³/mol. The second-order valence-corrected chi connectivity index (χ2v) is 6.17. The van der Waals surface area contributed by atoms with Gasteiger partial charge in [0.2, 0.25) is 5.91 Å². The zero-order chi connectivity index (χ0) is 20.0. The number of imide groups is 1. The third kappa shape index (κ3) is 5.27. The average Bonchev–Trinajstić information content (AvgIpc) is 2.62. The number of amides is 2. The van der Waals surface area contributed by atoms with Crippen LogP contribution < -0.4 is 4.90 Å². The summed E-state index contributed by atoms with van der Waals surface area (Å²) in [6, 6.07) is 12.7. The van der Waals surface area contributed by atoms with E-state index in [0.717, 1.165) is 10.5 Å². The number of nitrogens with zero attached hydrogens (tertiary/aromatic N) is 4. The van der Waals surface area contributed by atoms with Crippen molar-refractivity contribution < 1.29 is 14.5 Å². The monoisotopic (exact) mass is 368 g/mol. The highest BCUT2D eigenvalue weighted by atomic mass is 16.6. The van der Waals surface area contributed by atoms with Crippen molar-refractivity contribution in [1.82, 2.24) is 0 Å². The first-order valence-corrected chi connectivity index (χ1v) is 8.35. The van der Waals surface area contributed by atoms with Crippen LogP contribution in [0.1, 0.15) is 32.3 Å². The Hall–Kier alpha value is -3.42. The van der Waals surface area contributed by atoms with Gasteiger partial charge in [0.05, 0.1) is 16.3 Å². The first-order valence-electron chi connectivity index (χ1n) is 8.35. The number of nitro groups is 1. The summed E-state index contributed by atoms with van der Waals surface area (Å²) in [5.41, 5.74) is 1.90. The Bertz CT molecular complexity index is 858. The van der Waals surface area contributed by atoms with Gasteiger partial charge in [0, 0.05) is 19.1 Å². The summed E-state index contributed by atoms with van der Waals surface area (Å²) in [6.45, 7) is 5.10. The van der Waals surface area contributed by atoms with Gasteiger partial charge in [-0.1, -0.05) is 26.0 Å². The normalized spacial score (nSPS) is 11.0. The van der Waals surface area contributed by atoms with E-state index in [-0.39, 0.29) is 12.2 Å². The molecule has 2 aromatic rings. The van der Waals surface area contributed by atoms with E-state index in [1.165, 1.54) is 31.2 Å². The number of rotatable bonds is 6. The minimum absolute atomic E-state index is 0.0578. The quantitative estimate of drug-likeness (QED) is 0.428. The summed E-state index contributed by atoms with van der Waals surface area (Å²) >= 11 is 0. The van der Waals surface area contributed by atoms with Crippen LogP contribution in [0.15, 0.2) is 58.8 Å². The summed E-state index contributed by atoms with van der Waals surface area (Å²) in [6.07, 6.45) is 0. The molecule has 0 atom stereocenters. The van der Waals surface area contributed by atoms with E-state index < -0.39 is 16.7 Å². The van der Waals surface area contributed by atoms with E-state index in [1.807, 2.05) is 12.1 Å². The number of nitro benzene ring substituents is 1. The number of hydrogen-bond acceptors (Lipinski definition) is 6. The van der Waals surface area contributed by atoms with Crippen LogP contribution in [0.25, 0.3) is 0 Å². The van der Waals surface area contributed by atoms with Crippen molar-refractivity contribution in [1.29, 1.82) is 0 Å². The van der Waals surface area contributed by atoms with Crippen molar-refractivity contribution >= 4 is 28.9 Å². The number of non-ortho nitro benzene ring substituents is 1. The molecule has 0 radical (unpaired) electrons. The van der Waals surface area contributed by atoms with E-state index in [4.69, 9.17) is 0 Å². The largest absolute Gasteiger partial charge is 0.274 e. The van der Waals surface area contributed by atoms with E-state index >= 15 is 0 Å². The number of azo groups is 1. The highest BCUT2D eigenvalue weighted by Gasteiger charge is 2.20. The van der Waals surface area contributed by atoms with Crippen LogP contribution >= 0.6 is 0 Å². The Labute approximate surface area is 156 Å². The fourth-order valence-corrected chi connectivity index (χ4v) is 2.40. The van der Waals surface area contributed by atoms with Crippen LogP contribution in [0, 0.1) is 10.1 Å². The minimum Gasteiger partial charge on any atom is -0.274 e. The van der Waals surface area contributed by atoms with Crippen LogP contribution in [0.3, 0.4) is 0 Å². The number of carbonyl (C=O) groups is 2. The van der Waals surface area contributed by atoms with E-state index in [0.29, 0.717) is 17.3 Å². The molecule has 0 N–H and O–H groups in total. The maximum Gasteiger partial charge on any atom is 0.269 e. The summed E-state index contributed by atoms with van der Waals surface area (Å²) in [7, 11) is 0. The van der Waals surface area contributed by atoms with Crippen LogP contribution in [0.4, 0.5) is 17.1 Å². The maximum atomic E-state index is 12.4. The van der Waals surface area contributed by atoms with Gasteiger partial charge in [-0.25, -0.2) is 4.90 Å². The lowest BCUT2D eigenvalue weighted by Gasteiger charge is -2.19. The molecule has 2 rings (SSSR count). The fourth-order valence-electron chi connectivity index (χ4n) is 2.40. The van der Waals surface area contributed by atoms with E-state index in [9.17, 15) is 19.7 Å². The second kappa shape index (κ2) is 8.79. The first-order chi connectivity index (χ1) is 12.8. The molecule has 0 saturated heterocycles. The Morgan fingerprint density at radius 2 is 1.67 bits per heavy atom. The smallest absolute Gasteiger partial charge is 0.269 e. The van der Waals surface area contributed by atoms with E-state index in [1.54, 1.807) is 12.1 Å². The molecule has 0 unspecified atom stereocenters. The van der Waals surface area contributed by atoms with Crippen molar-refractivity contribution in [3.63, 3.8) is 0 Å². The maximum absolute atomic E-state index is 12.4. The number of anilines is 1. The molecular weight excluding hydrogens is 348 g/mol. The highest BCUT2D eigenvalue weighted by Crippen LogP contribution is 2.21. The van der Waals surface area contributed by atoms with Gasteiger partial charge in [-0.3, -0.25) is 19.7 Å². The molecule has 0 aliphatic rings. The SMILES string of the molecule is CC(=O)N(C(=O)CN=Nc1ccc([N+](=O)[O-])cc1)c1ccc(C(C)C)cc1. The second-order valence-electron chi connectivity index (χ2n) is 6.17. The van der Waals surface area contributed by atoms with Gasteiger partial charge in [-0.2, -0.15) is 10.2 Å². The Morgan fingerprint density at radius 1 is 1.07 bits per heavy atom. The van der Waals surface area contributed by atoms with Gasteiger partial charge in [0.15, 0.2) is 0 Å². The van der Waals surface area contributed by atoms with Crippen molar-refractivity contribution in [3.05, 3.63) is 64.2 Å². The zero-order valence-corrected chi connectivity index (χ0v) is 15.3. The molecule has 2 aromatic carbocycles. The molecule has 140 valence electrons. The number of carbonyl (C=O) groups excluding carboxylic acids is 2. The van der Waals surface area contributed by atoms with Crippen molar-refractivity contribution in [2.45, 2.75) is 26.7 Å². The van der Waals surface area contributed by atoms with Gasteiger partial charge in [-0.15, -0.1) is 0 Å². The summed E-state index contributed by atoms with van der Waals surface area (Å²) in [4.78, 5) is 35.5. The molecule has 0 saturated carbocycles. The molecule has 0 aromatic heterocycles. The molecule has 8 heteroatoms. The van der Waals surface area contributed by atoms with Crippen LogP contribution in [0.5, 0.6) is 0 Å². The van der Waals surface area contributed by atoms with Gasteiger partial charge >= 0.3 is 0 Å². The lowest BCUT2D eigenvalue weighted by atomic mass is 10.0. The van der Waals surface area contributed by atoms with Gasteiger partial charge in [-0.05, 0) is 35.7 Å². The van der Waals surface area contributed by atoms with Crippen molar-refractivity contribution in [3.8, 4) is 0 Å². The lowest BCUT2D eigenvalue weighted by molar-refractivity contribution is -0.384. The third-order valence-corrected chi connectivity index (χ3v) is 3.83. The average molecular weight is 368 g/mol. The summed E-state index contributed by atoms with van der Waals surface area (Å²) in [5, 5.41) is 18.3. The van der Waals surface area contributed by atoms with Gasteiger partial charge in [0.1, 0.15) is 6.54 Å². The van der Waals surface area contributed by atoms with E-state index in [2.05, 4.69) is 24.1 Å². The van der Waals surface area contributed by atoms with Crippen LogP contribution in [-0.4, -0.2) is 23.3 Å². The van der Waals surface area contributed by atoms with Crippen LogP contribution in [0.2, 0.25) is 0 Å². The molecule has 0 aliphatic heterocycles. The third-order valence-electron chi connectivity index (χ3n) is 3.83. The molecule has 0 aliphatic carbocycles. The van der Waals surface area contributed by atoms with Gasteiger partial charge in [0.25, 0.3) is 11.6 Å². The Balaban J connectivity index is 2.08. The summed E-state index contributed by atoms with van der Waals surface area (Å²) < 4.78 is 0. The molecule has 2 amide bonds. The number of benzene rings is 2. The molecule has 0 heterocycles. The fraction of sp³-hybridized carbons (Fsp3) is 0.263. The molecule has 0 bridgehead atoms. The topological polar surface area (TPSA) is 105 Å². The first kappa shape index (κ1) is 19.9. The standard InChI is InChI=1S/C19H20N4O4/c1-13(2)15-4-8-17(9-5-15)22(14(3)24)19(25)12-20-21-16-6-10-18(11-7-16)23(26)27/h4-11,13H,12H2,1-3H3. The Kier molecular flexibility index (Phi) is 6.48. The molecular formula is C19H20N4O4. The zero-order valence-electron chi connectivity index (χ0n) is 15.3. The predicted octanol–water partition coefficient (Wildman–Crippen LogP) is 4.38. The minimum atomic E-state index is -0.514. The Morgan fingerprint density at radius 3 is 2.15 bits per heavy atom. The van der Waals surface area contributed by atoms with Gasteiger partial charge < -0.3 is 0 Å². The molecule has 0 fully saturated rings. The number of hydrogen-bond donors (Lipinski definition) is 0. The van der Waals surface area contributed by atoms with Crippen LogP contribution in [-0.2, 0) is 9.59 Å². The van der Waals surface area contributed by atoms with Crippen molar-refractivity contribution in [2.24, 2.45) is 10.2 Å².